The van der Waals surface area contributed by atoms with Crippen LogP contribution in [0.4, 0.5) is 0 Å². The number of hydrogen-bond acceptors (Lipinski definition) is 2. The highest BCUT2D eigenvalue weighted by Crippen LogP contribution is 2.21. The maximum Gasteiger partial charge on any atom is 0.223 e. The Kier molecular flexibility index (Phi) is 4.71. The van der Waals surface area contributed by atoms with Crippen molar-refractivity contribution < 1.29 is 4.79 Å². The fourth-order valence-electron chi connectivity index (χ4n) is 3.22. The molecule has 0 spiro atoms. The van der Waals surface area contributed by atoms with Crippen LogP contribution in [0.2, 0.25) is 0 Å². The summed E-state index contributed by atoms with van der Waals surface area (Å²) in [6.45, 7) is 4.72. The number of carbonyl (C=O) groups is 1. The third-order valence-corrected chi connectivity index (χ3v) is 4.52. The molecule has 3 rings (SSSR count). The molecule has 0 N–H and O–H groups in total. The highest BCUT2D eigenvalue weighted by Gasteiger charge is 2.23. The second-order valence-corrected chi connectivity index (χ2v) is 6.11. The van der Waals surface area contributed by atoms with Gasteiger partial charge in [-0.25, -0.2) is 0 Å². The predicted molar refractivity (Wildman–Crippen MR) is 84.8 cm³/mol. The third-order valence-electron chi connectivity index (χ3n) is 4.52. The molecule has 2 aliphatic rings. The molecule has 0 aromatic heterocycles. The molecule has 1 saturated heterocycles. The van der Waals surface area contributed by atoms with Gasteiger partial charge in [-0.3, -0.25) is 9.69 Å². The monoisotopic (exact) mass is 284 g/mol. The van der Waals surface area contributed by atoms with Gasteiger partial charge in [0.2, 0.25) is 5.91 Å². The molecule has 1 amide bonds. The Morgan fingerprint density at radius 3 is 2.52 bits per heavy atom. The van der Waals surface area contributed by atoms with Gasteiger partial charge >= 0.3 is 0 Å². The molecule has 0 bridgehead atoms. The van der Waals surface area contributed by atoms with E-state index in [1.54, 1.807) is 0 Å². The summed E-state index contributed by atoms with van der Waals surface area (Å²) < 4.78 is 0. The number of amides is 1. The number of benzene rings is 1. The van der Waals surface area contributed by atoms with E-state index in [1.807, 2.05) is 4.90 Å². The average molecular weight is 284 g/mol. The molecule has 1 unspecified atom stereocenters. The topological polar surface area (TPSA) is 23.6 Å². The van der Waals surface area contributed by atoms with Crippen LogP contribution in [0.3, 0.4) is 0 Å². The minimum Gasteiger partial charge on any atom is -0.340 e. The highest BCUT2D eigenvalue weighted by atomic mass is 16.2. The van der Waals surface area contributed by atoms with Gasteiger partial charge in [0.05, 0.1) is 0 Å². The number of nitrogens with zero attached hydrogens (tertiary/aromatic N) is 2. The van der Waals surface area contributed by atoms with Crippen molar-refractivity contribution in [3.8, 4) is 0 Å². The van der Waals surface area contributed by atoms with Crippen LogP contribution in [0.1, 0.15) is 24.8 Å². The lowest BCUT2D eigenvalue weighted by molar-refractivity contribution is -0.133. The molecule has 21 heavy (non-hydrogen) atoms. The van der Waals surface area contributed by atoms with E-state index in [2.05, 4.69) is 47.4 Å². The van der Waals surface area contributed by atoms with E-state index >= 15 is 0 Å². The van der Waals surface area contributed by atoms with Gasteiger partial charge in [0.1, 0.15) is 0 Å². The van der Waals surface area contributed by atoms with Crippen molar-refractivity contribution in [1.82, 2.24) is 9.80 Å². The summed E-state index contributed by atoms with van der Waals surface area (Å²) in [5.74, 6) is 0.825. The number of allylic oxidation sites excluding steroid dienone is 2. The number of hydrogen-bond donors (Lipinski definition) is 0. The molecule has 1 atom stereocenters. The third kappa shape index (κ3) is 3.94. The Bertz CT molecular complexity index is 489. The lowest BCUT2D eigenvalue weighted by atomic mass is 10.0. The van der Waals surface area contributed by atoms with Crippen LogP contribution in [0, 0.1) is 5.92 Å². The average Bonchev–Trinajstić information content (AvgIpc) is 3.02. The zero-order valence-electron chi connectivity index (χ0n) is 12.6. The Balaban J connectivity index is 1.44. The maximum absolute atomic E-state index is 12.3. The largest absolute Gasteiger partial charge is 0.340 e. The molecule has 3 heteroatoms. The van der Waals surface area contributed by atoms with Gasteiger partial charge in [-0.05, 0) is 24.3 Å². The first-order valence-electron chi connectivity index (χ1n) is 8.02. The molecule has 1 aliphatic heterocycles. The Hall–Kier alpha value is -1.61. The summed E-state index contributed by atoms with van der Waals surface area (Å²) in [4.78, 5) is 16.8. The Morgan fingerprint density at radius 1 is 1.10 bits per heavy atom. The van der Waals surface area contributed by atoms with E-state index in [4.69, 9.17) is 0 Å². The van der Waals surface area contributed by atoms with Gasteiger partial charge in [0.15, 0.2) is 0 Å². The molecule has 0 saturated carbocycles. The minimum absolute atomic E-state index is 0.339. The van der Waals surface area contributed by atoms with E-state index in [1.165, 1.54) is 5.56 Å². The van der Waals surface area contributed by atoms with Crippen molar-refractivity contribution in [1.29, 1.82) is 0 Å². The minimum atomic E-state index is 0.339. The summed E-state index contributed by atoms with van der Waals surface area (Å²) in [7, 11) is 0. The molecule has 1 fully saturated rings. The van der Waals surface area contributed by atoms with Crippen LogP contribution in [0.25, 0.3) is 0 Å². The SMILES string of the molecule is O=C(CC1C=CCC1)N1CCN(Cc2ccccc2)CC1. The van der Waals surface area contributed by atoms with E-state index in [9.17, 15) is 4.79 Å². The van der Waals surface area contributed by atoms with Crippen LogP contribution in [-0.4, -0.2) is 41.9 Å². The van der Waals surface area contributed by atoms with Crippen LogP contribution < -0.4 is 0 Å². The highest BCUT2D eigenvalue weighted by molar-refractivity contribution is 5.76. The van der Waals surface area contributed by atoms with Crippen LogP contribution >= 0.6 is 0 Å². The second-order valence-electron chi connectivity index (χ2n) is 6.11. The molecule has 1 aromatic rings. The van der Waals surface area contributed by atoms with Crippen molar-refractivity contribution in [2.24, 2.45) is 5.92 Å². The van der Waals surface area contributed by atoms with E-state index in [0.29, 0.717) is 18.2 Å². The van der Waals surface area contributed by atoms with Crippen LogP contribution in [-0.2, 0) is 11.3 Å². The van der Waals surface area contributed by atoms with Crippen molar-refractivity contribution >= 4 is 5.91 Å². The zero-order valence-corrected chi connectivity index (χ0v) is 12.6. The molecule has 1 heterocycles. The Morgan fingerprint density at radius 2 is 1.86 bits per heavy atom. The predicted octanol–water partition coefficient (Wildman–Crippen LogP) is 2.69. The first kappa shape index (κ1) is 14.3. The van der Waals surface area contributed by atoms with Crippen molar-refractivity contribution in [2.45, 2.75) is 25.8 Å². The number of carbonyl (C=O) groups excluding carboxylic acids is 1. The quantitative estimate of drug-likeness (QED) is 0.794. The summed E-state index contributed by atoms with van der Waals surface area (Å²) >= 11 is 0. The summed E-state index contributed by atoms with van der Waals surface area (Å²) in [5, 5.41) is 0. The molecule has 3 nitrogen and oxygen atoms in total. The van der Waals surface area contributed by atoms with Gasteiger partial charge in [0, 0.05) is 39.1 Å². The number of rotatable bonds is 4. The zero-order chi connectivity index (χ0) is 14.5. The smallest absolute Gasteiger partial charge is 0.223 e. The van der Waals surface area contributed by atoms with Gasteiger partial charge in [-0.1, -0.05) is 42.5 Å². The number of piperazine rings is 1. The van der Waals surface area contributed by atoms with Crippen molar-refractivity contribution in [2.75, 3.05) is 26.2 Å². The maximum atomic E-state index is 12.3. The van der Waals surface area contributed by atoms with Gasteiger partial charge in [0.25, 0.3) is 0 Å². The fraction of sp³-hybridized carbons (Fsp3) is 0.500. The van der Waals surface area contributed by atoms with Gasteiger partial charge < -0.3 is 4.90 Å². The molecule has 112 valence electrons. The summed E-state index contributed by atoms with van der Waals surface area (Å²) in [6.07, 6.45) is 7.41. The van der Waals surface area contributed by atoms with Crippen LogP contribution in [0.5, 0.6) is 0 Å². The van der Waals surface area contributed by atoms with Crippen molar-refractivity contribution in [3.63, 3.8) is 0 Å². The first-order chi connectivity index (χ1) is 10.3. The lowest BCUT2D eigenvalue weighted by Crippen LogP contribution is -2.48. The molecule has 1 aromatic carbocycles. The second kappa shape index (κ2) is 6.90. The normalized spacial score (nSPS) is 22.7. The molecule has 1 aliphatic carbocycles. The van der Waals surface area contributed by atoms with Gasteiger partial charge in [-0.15, -0.1) is 0 Å². The first-order valence-corrected chi connectivity index (χ1v) is 8.02. The lowest BCUT2D eigenvalue weighted by Gasteiger charge is -2.35. The molecular formula is C18H24N2O. The van der Waals surface area contributed by atoms with E-state index in [-0.39, 0.29) is 0 Å². The standard InChI is InChI=1S/C18H24N2O/c21-18(14-16-6-4-5-7-16)20-12-10-19(11-13-20)15-17-8-2-1-3-9-17/h1-4,6,8-9,16H,5,7,10-15H2. The summed E-state index contributed by atoms with van der Waals surface area (Å²) in [5.41, 5.74) is 1.35. The van der Waals surface area contributed by atoms with Crippen LogP contribution in [0.15, 0.2) is 42.5 Å². The van der Waals surface area contributed by atoms with Gasteiger partial charge in [-0.2, -0.15) is 0 Å². The fourth-order valence-corrected chi connectivity index (χ4v) is 3.22. The van der Waals surface area contributed by atoms with E-state index < -0.39 is 0 Å². The molecule has 0 radical (unpaired) electrons. The summed E-state index contributed by atoms with van der Waals surface area (Å²) in [6, 6.07) is 10.6. The van der Waals surface area contributed by atoms with Crippen molar-refractivity contribution in [3.05, 3.63) is 48.0 Å². The molecular weight excluding hydrogens is 260 g/mol. The van der Waals surface area contributed by atoms with E-state index in [0.717, 1.165) is 45.6 Å². The Labute approximate surface area is 127 Å².